The molecule has 0 bridgehead atoms. The summed E-state index contributed by atoms with van der Waals surface area (Å²) in [6.45, 7) is 0.436. The number of imidazole rings is 1. The number of methoxy groups -OCH3 is 1. The molecule has 0 aliphatic carbocycles. The lowest BCUT2D eigenvalue weighted by atomic mass is 10.2. The highest BCUT2D eigenvalue weighted by Crippen LogP contribution is 2.32. The second-order valence-electron chi connectivity index (χ2n) is 3.97. The molecule has 0 amide bonds. The monoisotopic (exact) mass is 280 g/mol. The van der Waals surface area contributed by atoms with Crippen LogP contribution in [0, 0.1) is 15.9 Å². The minimum atomic E-state index is -0.697. The molecular weight excluding hydrogens is 267 g/mol. The number of nitro groups is 1. The van der Waals surface area contributed by atoms with Crippen LogP contribution in [0.3, 0.4) is 0 Å². The second-order valence-corrected chi connectivity index (χ2v) is 3.97. The van der Waals surface area contributed by atoms with E-state index in [0.29, 0.717) is 13.0 Å². The number of hydrogen-bond donors (Lipinski definition) is 2. The highest BCUT2D eigenvalue weighted by atomic mass is 19.1. The number of halogens is 1. The SMILES string of the molecule is COc1cc(NCCc2ncc[nH]2)c(F)cc1[N+](=O)[O-]. The zero-order chi connectivity index (χ0) is 14.5. The number of hydrogen-bond acceptors (Lipinski definition) is 5. The van der Waals surface area contributed by atoms with Crippen LogP contribution in [-0.4, -0.2) is 28.5 Å². The number of nitrogens with zero attached hydrogens (tertiary/aromatic N) is 2. The fraction of sp³-hybridized carbons (Fsp3) is 0.250. The fourth-order valence-electron chi connectivity index (χ4n) is 1.73. The van der Waals surface area contributed by atoms with E-state index in [2.05, 4.69) is 15.3 Å². The van der Waals surface area contributed by atoms with Crippen molar-refractivity contribution >= 4 is 11.4 Å². The van der Waals surface area contributed by atoms with Gasteiger partial charge in [0, 0.05) is 31.4 Å². The molecule has 20 heavy (non-hydrogen) atoms. The quantitative estimate of drug-likeness (QED) is 0.624. The van der Waals surface area contributed by atoms with Crippen molar-refractivity contribution in [1.29, 1.82) is 0 Å². The average Bonchev–Trinajstić information content (AvgIpc) is 2.93. The van der Waals surface area contributed by atoms with Gasteiger partial charge in [-0.05, 0) is 0 Å². The molecule has 1 aromatic heterocycles. The van der Waals surface area contributed by atoms with Crippen molar-refractivity contribution in [3.63, 3.8) is 0 Å². The third kappa shape index (κ3) is 3.02. The molecular formula is C12H13FN4O3. The van der Waals surface area contributed by atoms with E-state index in [4.69, 9.17) is 4.74 Å². The van der Waals surface area contributed by atoms with Crippen molar-refractivity contribution < 1.29 is 14.1 Å². The molecule has 1 aromatic carbocycles. The van der Waals surface area contributed by atoms with Gasteiger partial charge in [0.1, 0.15) is 5.82 Å². The van der Waals surface area contributed by atoms with Crippen LogP contribution in [0.5, 0.6) is 5.75 Å². The number of nitro benzene ring substituents is 1. The first-order valence-electron chi connectivity index (χ1n) is 5.86. The van der Waals surface area contributed by atoms with Gasteiger partial charge in [-0.15, -0.1) is 0 Å². The number of aromatic nitrogens is 2. The van der Waals surface area contributed by atoms with Crippen LogP contribution in [-0.2, 0) is 6.42 Å². The zero-order valence-electron chi connectivity index (χ0n) is 10.7. The van der Waals surface area contributed by atoms with Crippen LogP contribution in [0.15, 0.2) is 24.5 Å². The summed E-state index contributed by atoms with van der Waals surface area (Å²) in [6.07, 6.45) is 3.90. The summed E-state index contributed by atoms with van der Waals surface area (Å²) >= 11 is 0. The Labute approximate surface area is 113 Å². The molecule has 0 unspecified atom stereocenters. The van der Waals surface area contributed by atoms with Crippen molar-refractivity contribution in [3.8, 4) is 5.75 Å². The van der Waals surface area contributed by atoms with Gasteiger partial charge in [0.25, 0.3) is 0 Å². The van der Waals surface area contributed by atoms with E-state index in [0.717, 1.165) is 11.9 Å². The molecule has 0 aliphatic heterocycles. The molecule has 0 saturated heterocycles. The maximum Gasteiger partial charge on any atom is 0.313 e. The number of aromatic amines is 1. The first-order chi connectivity index (χ1) is 9.61. The lowest BCUT2D eigenvalue weighted by Crippen LogP contribution is -2.08. The zero-order valence-corrected chi connectivity index (χ0v) is 10.7. The molecule has 0 radical (unpaired) electrons. The van der Waals surface area contributed by atoms with E-state index in [1.54, 1.807) is 12.4 Å². The van der Waals surface area contributed by atoms with E-state index >= 15 is 0 Å². The Balaban J connectivity index is 2.09. The number of anilines is 1. The Morgan fingerprint density at radius 2 is 2.35 bits per heavy atom. The summed E-state index contributed by atoms with van der Waals surface area (Å²) in [6, 6.07) is 2.11. The molecule has 106 valence electrons. The summed E-state index contributed by atoms with van der Waals surface area (Å²) in [4.78, 5) is 17.0. The van der Waals surface area contributed by atoms with Crippen LogP contribution in [0.2, 0.25) is 0 Å². The van der Waals surface area contributed by atoms with Crippen LogP contribution in [0.25, 0.3) is 0 Å². The Morgan fingerprint density at radius 1 is 1.55 bits per heavy atom. The largest absolute Gasteiger partial charge is 0.490 e. The number of rotatable bonds is 6. The standard InChI is InChI=1S/C12H13FN4O3/c1-20-11-7-9(8(13)6-10(11)17(18)19)14-3-2-12-15-4-5-16-12/h4-7,14H,2-3H2,1H3,(H,15,16). The molecule has 0 atom stereocenters. The Morgan fingerprint density at radius 3 is 2.95 bits per heavy atom. The van der Waals surface area contributed by atoms with Crippen LogP contribution in [0.4, 0.5) is 15.8 Å². The molecule has 2 rings (SSSR count). The van der Waals surface area contributed by atoms with Crippen LogP contribution < -0.4 is 10.1 Å². The van der Waals surface area contributed by atoms with Crippen molar-refractivity contribution in [2.75, 3.05) is 19.0 Å². The normalized spacial score (nSPS) is 10.3. The van der Waals surface area contributed by atoms with Gasteiger partial charge >= 0.3 is 5.69 Å². The summed E-state index contributed by atoms with van der Waals surface area (Å²) < 4.78 is 18.6. The minimum absolute atomic E-state index is 0.0110. The maximum atomic E-state index is 13.7. The van der Waals surface area contributed by atoms with Crippen molar-refractivity contribution in [1.82, 2.24) is 9.97 Å². The highest BCUT2D eigenvalue weighted by Gasteiger charge is 2.18. The van der Waals surface area contributed by atoms with Crippen LogP contribution >= 0.6 is 0 Å². The number of nitrogens with one attached hydrogen (secondary N) is 2. The summed E-state index contributed by atoms with van der Waals surface area (Å²) in [5, 5.41) is 13.6. The van der Waals surface area contributed by atoms with Gasteiger partial charge in [-0.3, -0.25) is 10.1 Å². The van der Waals surface area contributed by atoms with Crippen molar-refractivity contribution in [3.05, 3.63) is 46.3 Å². The van der Waals surface area contributed by atoms with Crippen LogP contribution in [0.1, 0.15) is 5.82 Å². The topological polar surface area (TPSA) is 93.1 Å². The first-order valence-corrected chi connectivity index (χ1v) is 5.86. The lowest BCUT2D eigenvalue weighted by Gasteiger charge is -2.09. The first kappa shape index (κ1) is 13.8. The molecule has 0 spiro atoms. The Hall–Kier alpha value is -2.64. The second kappa shape index (κ2) is 6.00. The van der Waals surface area contributed by atoms with Gasteiger partial charge in [0.05, 0.1) is 23.8 Å². The van der Waals surface area contributed by atoms with E-state index in [1.807, 2.05) is 0 Å². The van der Waals surface area contributed by atoms with E-state index in [-0.39, 0.29) is 11.4 Å². The summed E-state index contributed by atoms with van der Waals surface area (Å²) in [7, 11) is 1.30. The molecule has 2 aromatic rings. The van der Waals surface area contributed by atoms with Gasteiger partial charge < -0.3 is 15.0 Å². The molecule has 7 nitrogen and oxygen atoms in total. The third-order valence-corrected chi connectivity index (χ3v) is 2.70. The molecule has 0 saturated carbocycles. The Kier molecular flexibility index (Phi) is 4.14. The van der Waals surface area contributed by atoms with Crippen molar-refractivity contribution in [2.45, 2.75) is 6.42 Å². The molecule has 2 N–H and O–H groups in total. The molecule has 8 heteroatoms. The fourth-order valence-corrected chi connectivity index (χ4v) is 1.73. The molecule has 0 fully saturated rings. The Bertz CT molecular complexity index is 601. The van der Waals surface area contributed by atoms with E-state index in [1.165, 1.54) is 13.2 Å². The van der Waals surface area contributed by atoms with Crippen molar-refractivity contribution in [2.24, 2.45) is 0 Å². The number of ether oxygens (including phenoxy) is 1. The summed E-state index contributed by atoms with van der Waals surface area (Å²) in [5.74, 6) is 0.0839. The predicted molar refractivity (Wildman–Crippen MR) is 70.4 cm³/mol. The highest BCUT2D eigenvalue weighted by molar-refractivity contribution is 5.59. The van der Waals surface area contributed by atoms with Gasteiger partial charge in [0.15, 0.2) is 11.6 Å². The average molecular weight is 280 g/mol. The molecule has 1 heterocycles. The lowest BCUT2D eigenvalue weighted by molar-refractivity contribution is -0.385. The van der Waals surface area contributed by atoms with Gasteiger partial charge in [0.2, 0.25) is 0 Å². The van der Waals surface area contributed by atoms with E-state index < -0.39 is 16.4 Å². The maximum absolute atomic E-state index is 13.7. The third-order valence-electron chi connectivity index (χ3n) is 2.70. The number of benzene rings is 1. The van der Waals surface area contributed by atoms with Gasteiger partial charge in [-0.1, -0.05) is 0 Å². The predicted octanol–water partition coefficient (Wildman–Crippen LogP) is 2.12. The smallest absolute Gasteiger partial charge is 0.313 e. The summed E-state index contributed by atoms with van der Waals surface area (Å²) in [5.41, 5.74) is -0.249. The molecule has 0 aliphatic rings. The van der Waals surface area contributed by atoms with E-state index in [9.17, 15) is 14.5 Å². The van der Waals surface area contributed by atoms with Gasteiger partial charge in [-0.25, -0.2) is 9.37 Å². The minimum Gasteiger partial charge on any atom is -0.490 e. The number of H-pyrrole nitrogens is 1. The van der Waals surface area contributed by atoms with Gasteiger partial charge in [-0.2, -0.15) is 0 Å².